The lowest BCUT2D eigenvalue weighted by Crippen LogP contribution is -2.29. The molecule has 0 saturated heterocycles. The lowest BCUT2D eigenvalue weighted by molar-refractivity contribution is -0.0498. The van der Waals surface area contributed by atoms with Crippen LogP contribution in [-0.2, 0) is 0 Å². The molecule has 0 amide bonds. The average molecular weight is 227 g/mol. The molecular formula is C10H11F2N3O. The van der Waals surface area contributed by atoms with Gasteiger partial charge in [0.1, 0.15) is 5.75 Å². The van der Waals surface area contributed by atoms with E-state index >= 15 is 0 Å². The molecule has 1 aromatic carbocycles. The maximum Gasteiger partial charge on any atom is 0.387 e. The first kappa shape index (κ1) is 10.7. The molecular weight excluding hydrogens is 216 g/mol. The molecule has 2 rings (SSSR count). The van der Waals surface area contributed by atoms with Gasteiger partial charge in [-0.15, -0.1) is 0 Å². The van der Waals surface area contributed by atoms with Gasteiger partial charge < -0.3 is 15.8 Å². The summed E-state index contributed by atoms with van der Waals surface area (Å²) in [6.07, 6.45) is 0. The Hall–Kier alpha value is -1.85. The predicted molar refractivity (Wildman–Crippen MR) is 55.4 cm³/mol. The molecule has 1 aliphatic heterocycles. The highest BCUT2D eigenvalue weighted by molar-refractivity contribution is 5.80. The van der Waals surface area contributed by atoms with E-state index in [1.807, 2.05) is 0 Å². The molecule has 0 fully saturated rings. The van der Waals surface area contributed by atoms with E-state index in [2.05, 4.69) is 15.0 Å². The third kappa shape index (κ3) is 2.39. The first-order valence-corrected chi connectivity index (χ1v) is 4.76. The van der Waals surface area contributed by atoms with Crippen LogP contribution < -0.4 is 15.8 Å². The van der Waals surface area contributed by atoms with Crippen LogP contribution in [0.4, 0.5) is 8.78 Å². The number of nitrogens with zero attached hydrogens (tertiary/aromatic N) is 1. The van der Waals surface area contributed by atoms with Crippen molar-refractivity contribution in [2.45, 2.75) is 12.7 Å². The Balaban J connectivity index is 2.02. The standard InChI is InChI=1S/C10H11F2N3O/c11-9(12)16-7-3-1-6(2-4-7)8-5-14-10(13)15-8/h1-4,8-9H,5H2,(H3,13,14,15). The van der Waals surface area contributed by atoms with Gasteiger partial charge in [0.15, 0.2) is 5.96 Å². The van der Waals surface area contributed by atoms with Gasteiger partial charge >= 0.3 is 6.61 Å². The van der Waals surface area contributed by atoms with E-state index in [-0.39, 0.29) is 11.8 Å². The van der Waals surface area contributed by atoms with E-state index in [1.165, 1.54) is 12.1 Å². The Morgan fingerprint density at radius 3 is 2.56 bits per heavy atom. The van der Waals surface area contributed by atoms with E-state index in [0.29, 0.717) is 12.5 Å². The molecule has 86 valence electrons. The zero-order valence-corrected chi connectivity index (χ0v) is 8.36. The minimum Gasteiger partial charge on any atom is -0.435 e. The summed E-state index contributed by atoms with van der Waals surface area (Å²) in [5.74, 6) is 0.545. The summed E-state index contributed by atoms with van der Waals surface area (Å²) >= 11 is 0. The maximum absolute atomic E-state index is 11.9. The van der Waals surface area contributed by atoms with Crippen molar-refractivity contribution in [1.29, 1.82) is 0 Å². The smallest absolute Gasteiger partial charge is 0.387 e. The van der Waals surface area contributed by atoms with Gasteiger partial charge in [-0.25, -0.2) is 0 Å². The van der Waals surface area contributed by atoms with Crippen molar-refractivity contribution in [2.24, 2.45) is 10.7 Å². The summed E-state index contributed by atoms with van der Waals surface area (Å²) < 4.78 is 28.1. The van der Waals surface area contributed by atoms with Gasteiger partial charge in [0.2, 0.25) is 0 Å². The van der Waals surface area contributed by atoms with Gasteiger partial charge in [-0.05, 0) is 17.7 Å². The predicted octanol–water partition coefficient (Wildman–Crippen LogP) is 1.25. The molecule has 1 unspecified atom stereocenters. The van der Waals surface area contributed by atoms with Crippen molar-refractivity contribution in [3.63, 3.8) is 0 Å². The molecule has 0 saturated carbocycles. The number of aliphatic imine (C=N–C) groups is 1. The Kier molecular flexibility index (Phi) is 2.89. The van der Waals surface area contributed by atoms with Gasteiger partial charge in [0.05, 0.1) is 12.6 Å². The van der Waals surface area contributed by atoms with Gasteiger partial charge in [-0.2, -0.15) is 8.78 Å². The summed E-state index contributed by atoms with van der Waals surface area (Å²) in [5, 5.41) is 2.97. The van der Waals surface area contributed by atoms with Crippen LogP contribution in [0.15, 0.2) is 29.3 Å². The second kappa shape index (κ2) is 4.34. The number of alkyl halides is 2. The molecule has 0 spiro atoms. The van der Waals surface area contributed by atoms with Crippen molar-refractivity contribution < 1.29 is 13.5 Å². The van der Waals surface area contributed by atoms with Gasteiger partial charge in [-0.1, -0.05) is 12.1 Å². The highest BCUT2D eigenvalue weighted by atomic mass is 19.3. The quantitative estimate of drug-likeness (QED) is 0.816. The van der Waals surface area contributed by atoms with Crippen molar-refractivity contribution in [1.82, 2.24) is 5.32 Å². The Bertz CT molecular complexity index is 392. The van der Waals surface area contributed by atoms with E-state index in [9.17, 15) is 8.78 Å². The van der Waals surface area contributed by atoms with Crippen molar-refractivity contribution in [3.8, 4) is 5.75 Å². The SMILES string of the molecule is NC1=NCC(c2ccc(OC(F)F)cc2)N1. The molecule has 0 bridgehead atoms. The fourth-order valence-corrected chi connectivity index (χ4v) is 1.53. The van der Waals surface area contributed by atoms with Crippen LogP contribution in [-0.4, -0.2) is 19.1 Å². The first-order chi connectivity index (χ1) is 7.65. The van der Waals surface area contributed by atoms with Crippen molar-refractivity contribution in [3.05, 3.63) is 29.8 Å². The minimum atomic E-state index is -2.80. The zero-order chi connectivity index (χ0) is 11.5. The Labute approximate surface area is 91.1 Å². The fraction of sp³-hybridized carbons (Fsp3) is 0.300. The third-order valence-electron chi connectivity index (χ3n) is 2.27. The second-order valence-corrected chi connectivity index (χ2v) is 3.37. The normalized spacial score (nSPS) is 19.4. The maximum atomic E-state index is 11.9. The van der Waals surface area contributed by atoms with Crippen LogP contribution in [0.3, 0.4) is 0 Å². The molecule has 16 heavy (non-hydrogen) atoms. The van der Waals surface area contributed by atoms with Gasteiger partial charge in [0, 0.05) is 0 Å². The van der Waals surface area contributed by atoms with Crippen LogP contribution in [0.1, 0.15) is 11.6 Å². The van der Waals surface area contributed by atoms with E-state index < -0.39 is 6.61 Å². The van der Waals surface area contributed by atoms with Crippen LogP contribution in [0.5, 0.6) is 5.75 Å². The number of nitrogens with two attached hydrogens (primary N) is 1. The molecule has 1 aromatic rings. The third-order valence-corrected chi connectivity index (χ3v) is 2.27. The molecule has 6 heteroatoms. The molecule has 4 nitrogen and oxygen atoms in total. The lowest BCUT2D eigenvalue weighted by Gasteiger charge is -2.11. The number of hydrogen-bond acceptors (Lipinski definition) is 4. The minimum absolute atomic E-state index is 0.0144. The van der Waals surface area contributed by atoms with Crippen molar-refractivity contribution >= 4 is 5.96 Å². The van der Waals surface area contributed by atoms with E-state index in [1.54, 1.807) is 12.1 Å². The van der Waals surface area contributed by atoms with Crippen molar-refractivity contribution in [2.75, 3.05) is 6.54 Å². The highest BCUT2D eigenvalue weighted by Gasteiger charge is 2.17. The second-order valence-electron chi connectivity index (χ2n) is 3.37. The van der Waals surface area contributed by atoms with Crippen LogP contribution in [0.2, 0.25) is 0 Å². The van der Waals surface area contributed by atoms with Crippen LogP contribution >= 0.6 is 0 Å². The molecule has 1 atom stereocenters. The first-order valence-electron chi connectivity index (χ1n) is 4.76. The summed E-state index contributed by atoms with van der Waals surface area (Å²) in [5.41, 5.74) is 6.41. The topological polar surface area (TPSA) is 59.6 Å². The van der Waals surface area contributed by atoms with Crippen LogP contribution in [0.25, 0.3) is 0 Å². The van der Waals surface area contributed by atoms with E-state index in [0.717, 1.165) is 5.56 Å². The molecule has 0 aromatic heterocycles. The van der Waals surface area contributed by atoms with Crippen LogP contribution in [0, 0.1) is 0 Å². The van der Waals surface area contributed by atoms with Gasteiger partial charge in [0.25, 0.3) is 0 Å². The number of hydrogen-bond donors (Lipinski definition) is 2. The molecule has 1 heterocycles. The molecule has 3 N–H and O–H groups in total. The molecule has 1 aliphatic rings. The fourth-order valence-electron chi connectivity index (χ4n) is 1.53. The number of guanidine groups is 1. The summed E-state index contributed by atoms with van der Waals surface area (Å²) in [4.78, 5) is 4.00. The van der Waals surface area contributed by atoms with E-state index in [4.69, 9.17) is 5.73 Å². The van der Waals surface area contributed by atoms with Gasteiger partial charge in [-0.3, -0.25) is 4.99 Å². The lowest BCUT2D eigenvalue weighted by atomic mass is 10.1. The Morgan fingerprint density at radius 2 is 2.06 bits per heavy atom. The molecule has 0 aliphatic carbocycles. The summed E-state index contributed by atoms with van der Waals surface area (Å²) in [7, 11) is 0. The number of nitrogens with one attached hydrogen (secondary N) is 1. The number of benzene rings is 1. The Morgan fingerprint density at radius 1 is 1.38 bits per heavy atom. The summed E-state index contributed by atoms with van der Waals surface area (Å²) in [6, 6.07) is 6.43. The largest absolute Gasteiger partial charge is 0.435 e. The molecule has 0 radical (unpaired) electrons. The average Bonchev–Trinajstić information content (AvgIpc) is 2.65. The number of ether oxygens (including phenoxy) is 1. The number of halogens is 2. The summed E-state index contributed by atoms with van der Waals surface area (Å²) in [6.45, 7) is -2.24. The monoisotopic (exact) mass is 227 g/mol. The number of rotatable bonds is 3. The zero-order valence-electron chi connectivity index (χ0n) is 8.36. The highest BCUT2D eigenvalue weighted by Crippen LogP contribution is 2.21.